The molecule has 82 valence electrons. The Morgan fingerprint density at radius 1 is 1.50 bits per heavy atom. The van der Waals surface area contributed by atoms with Gasteiger partial charge in [-0.3, -0.25) is 4.79 Å². The van der Waals surface area contributed by atoms with Gasteiger partial charge in [0.25, 0.3) is 0 Å². The summed E-state index contributed by atoms with van der Waals surface area (Å²) >= 11 is 0. The molecular formula is C10H19NO3. The smallest absolute Gasteiger partial charge is 0.306 e. The SMILES string of the molecule is CC(O)(CNC1CCCC1)CC(=O)O. The zero-order chi connectivity index (χ0) is 10.6. The molecule has 4 heteroatoms. The van der Waals surface area contributed by atoms with Gasteiger partial charge in [0.05, 0.1) is 12.0 Å². The van der Waals surface area contributed by atoms with Crippen molar-refractivity contribution in [2.45, 2.75) is 50.7 Å². The van der Waals surface area contributed by atoms with Crippen molar-refractivity contribution in [3.63, 3.8) is 0 Å². The van der Waals surface area contributed by atoms with E-state index in [1.54, 1.807) is 6.92 Å². The van der Waals surface area contributed by atoms with Crippen LogP contribution in [0.1, 0.15) is 39.0 Å². The van der Waals surface area contributed by atoms with E-state index in [1.807, 2.05) is 0 Å². The van der Waals surface area contributed by atoms with Crippen molar-refractivity contribution >= 4 is 5.97 Å². The van der Waals surface area contributed by atoms with Crippen molar-refractivity contribution in [2.75, 3.05) is 6.54 Å². The van der Waals surface area contributed by atoms with Crippen LogP contribution in [0, 0.1) is 0 Å². The molecule has 0 bridgehead atoms. The van der Waals surface area contributed by atoms with Crippen molar-refractivity contribution in [3.05, 3.63) is 0 Å². The van der Waals surface area contributed by atoms with Gasteiger partial charge in [-0.25, -0.2) is 0 Å². The molecule has 1 aliphatic rings. The quantitative estimate of drug-likeness (QED) is 0.613. The number of aliphatic hydroxyl groups is 1. The first kappa shape index (κ1) is 11.5. The van der Waals surface area contributed by atoms with E-state index in [1.165, 1.54) is 12.8 Å². The normalized spacial score (nSPS) is 22.1. The monoisotopic (exact) mass is 201 g/mol. The fourth-order valence-electron chi connectivity index (χ4n) is 1.88. The number of carbonyl (C=O) groups is 1. The van der Waals surface area contributed by atoms with Crippen LogP contribution >= 0.6 is 0 Å². The molecule has 0 aliphatic heterocycles. The molecule has 1 aliphatic carbocycles. The molecule has 1 saturated carbocycles. The summed E-state index contributed by atoms with van der Waals surface area (Å²) in [6.07, 6.45) is 4.55. The van der Waals surface area contributed by atoms with Gasteiger partial charge in [-0.15, -0.1) is 0 Å². The Kier molecular flexibility index (Phi) is 3.89. The van der Waals surface area contributed by atoms with Crippen LogP contribution in [0.25, 0.3) is 0 Å². The average Bonchev–Trinajstić information content (AvgIpc) is 2.50. The van der Waals surface area contributed by atoms with Crippen molar-refractivity contribution in [1.82, 2.24) is 5.32 Å². The number of hydrogen-bond donors (Lipinski definition) is 3. The maximum Gasteiger partial charge on any atom is 0.306 e. The lowest BCUT2D eigenvalue weighted by Crippen LogP contribution is -2.43. The third-order valence-corrected chi connectivity index (χ3v) is 2.66. The summed E-state index contributed by atoms with van der Waals surface area (Å²) in [6.45, 7) is 1.92. The van der Waals surface area contributed by atoms with Gasteiger partial charge in [0, 0.05) is 12.6 Å². The van der Waals surface area contributed by atoms with Crippen LogP contribution in [0.4, 0.5) is 0 Å². The third-order valence-electron chi connectivity index (χ3n) is 2.66. The van der Waals surface area contributed by atoms with E-state index < -0.39 is 11.6 Å². The molecule has 0 saturated heterocycles. The topological polar surface area (TPSA) is 69.6 Å². The van der Waals surface area contributed by atoms with Crippen LogP contribution in [0.2, 0.25) is 0 Å². The van der Waals surface area contributed by atoms with Gasteiger partial charge in [0.15, 0.2) is 0 Å². The van der Waals surface area contributed by atoms with Crippen LogP contribution in [-0.4, -0.2) is 34.4 Å². The average molecular weight is 201 g/mol. The molecule has 0 aromatic carbocycles. The molecule has 0 amide bonds. The Labute approximate surface area is 84.3 Å². The number of carboxylic acid groups (broad SMARTS) is 1. The summed E-state index contributed by atoms with van der Waals surface area (Å²) in [5.74, 6) is -0.955. The number of carboxylic acids is 1. The molecule has 0 radical (unpaired) electrons. The van der Waals surface area contributed by atoms with Gasteiger partial charge in [-0.1, -0.05) is 12.8 Å². The van der Waals surface area contributed by atoms with Gasteiger partial charge in [-0.2, -0.15) is 0 Å². The molecule has 0 spiro atoms. The lowest BCUT2D eigenvalue weighted by atomic mass is 10.0. The van der Waals surface area contributed by atoms with Crippen LogP contribution in [-0.2, 0) is 4.79 Å². The summed E-state index contributed by atoms with van der Waals surface area (Å²) in [7, 11) is 0. The molecule has 14 heavy (non-hydrogen) atoms. The van der Waals surface area contributed by atoms with E-state index in [-0.39, 0.29) is 6.42 Å². The summed E-state index contributed by atoms with van der Waals surface area (Å²) in [5.41, 5.74) is -1.13. The number of aliphatic carboxylic acids is 1. The van der Waals surface area contributed by atoms with Crippen molar-refractivity contribution in [3.8, 4) is 0 Å². The van der Waals surface area contributed by atoms with Gasteiger partial charge < -0.3 is 15.5 Å². The summed E-state index contributed by atoms with van der Waals surface area (Å²) in [5, 5.41) is 21.5. The number of nitrogens with one attached hydrogen (secondary N) is 1. The summed E-state index contributed by atoms with van der Waals surface area (Å²) in [4.78, 5) is 10.4. The van der Waals surface area contributed by atoms with E-state index >= 15 is 0 Å². The molecule has 0 heterocycles. The first-order valence-corrected chi connectivity index (χ1v) is 5.17. The first-order chi connectivity index (χ1) is 6.49. The first-order valence-electron chi connectivity index (χ1n) is 5.17. The van der Waals surface area contributed by atoms with Crippen LogP contribution in [0.15, 0.2) is 0 Å². The van der Waals surface area contributed by atoms with E-state index in [2.05, 4.69) is 5.32 Å². The van der Waals surface area contributed by atoms with Crippen molar-refractivity contribution < 1.29 is 15.0 Å². The van der Waals surface area contributed by atoms with E-state index in [0.717, 1.165) is 12.8 Å². The summed E-state index contributed by atoms with van der Waals surface area (Å²) in [6, 6.07) is 0.468. The van der Waals surface area contributed by atoms with Gasteiger partial charge in [0.1, 0.15) is 0 Å². The number of hydrogen-bond acceptors (Lipinski definition) is 3. The van der Waals surface area contributed by atoms with Crippen LogP contribution in [0.3, 0.4) is 0 Å². The fourth-order valence-corrected chi connectivity index (χ4v) is 1.88. The Hall–Kier alpha value is -0.610. The van der Waals surface area contributed by atoms with Gasteiger partial charge in [-0.05, 0) is 19.8 Å². The highest BCUT2D eigenvalue weighted by atomic mass is 16.4. The Balaban J connectivity index is 2.23. The molecule has 0 aromatic heterocycles. The van der Waals surface area contributed by atoms with Crippen molar-refractivity contribution in [2.24, 2.45) is 0 Å². The second kappa shape index (κ2) is 4.75. The maximum atomic E-state index is 10.4. The third kappa shape index (κ3) is 4.07. The lowest BCUT2D eigenvalue weighted by molar-refractivity contribution is -0.141. The van der Waals surface area contributed by atoms with Gasteiger partial charge in [0.2, 0.25) is 0 Å². The predicted molar refractivity (Wildman–Crippen MR) is 53.1 cm³/mol. The maximum absolute atomic E-state index is 10.4. The van der Waals surface area contributed by atoms with Crippen LogP contribution in [0.5, 0.6) is 0 Å². The largest absolute Gasteiger partial charge is 0.481 e. The fraction of sp³-hybridized carbons (Fsp3) is 0.900. The molecule has 1 unspecified atom stereocenters. The zero-order valence-corrected chi connectivity index (χ0v) is 8.62. The molecule has 4 nitrogen and oxygen atoms in total. The minimum Gasteiger partial charge on any atom is -0.481 e. The van der Waals surface area contributed by atoms with Crippen molar-refractivity contribution in [1.29, 1.82) is 0 Å². The Bertz CT molecular complexity index is 198. The second-order valence-corrected chi connectivity index (χ2v) is 4.43. The summed E-state index contributed by atoms with van der Waals surface area (Å²) < 4.78 is 0. The van der Waals surface area contributed by atoms with Gasteiger partial charge >= 0.3 is 5.97 Å². The number of rotatable bonds is 5. The highest BCUT2D eigenvalue weighted by Gasteiger charge is 2.25. The molecule has 1 fully saturated rings. The van der Waals surface area contributed by atoms with E-state index in [0.29, 0.717) is 12.6 Å². The van der Waals surface area contributed by atoms with E-state index in [4.69, 9.17) is 5.11 Å². The molecule has 0 aromatic rings. The highest BCUT2D eigenvalue weighted by Crippen LogP contribution is 2.18. The Morgan fingerprint density at radius 3 is 2.57 bits per heavy atom. The zero-order valence-electron chi connectivity index (χ0n) is 8.62. The predicted octanol–water partition coefficient (Wildman–Crippen LogP) is 0.744. The molecular weight excluding hydrogens is 182 g/mol. The highest BCUT2D eigenvalue weighted by molar-refractivity contribution is 5.68. The minimum atomic E-state index is -1.13. The molecule has 1 rings (SSSR count). The van der Waals surface area contributed by atoms with E-state index in [9.17, 15) is 9.90 Å². The second-order valence-electron chi connectivity index (χ2n) is 4.43. The molecule has 3 N–H and O–H groups in total. The van der Waals surface area contributed by atoms with Crippen LogP contribution < -0.4 is 5.32 Å². The Morgan fingerprint density at radius 2 is 2.07 bits per heavy atom. The molecule has 1 atom stereocenters. The standard InChI is InChI=1S/C10H19NO3/c1-10(14,6-9(12)13)7-11-8-4-2-3-5-8/h8,11,14H,2-7H2,1H3,(H,12,13). The lowest BCUT2D eigenvalue weighted by Gasteiger charge is -2.24. The minimum absolute atomic E-state index is 0.202.